The lowest BCUT2D eigenvalue weighted by molar-refractivity contribution is -0.897. The monoisotopic (exact) mass is 199 g/mol. The van der Waals surface area contributed by atoms with E-state index in [-0.39, 0.29) is 10.7 Å². The highest BCUT2D eigenvalue weighted by Gasteiger charge is 2.19. The molecule has 0 amide bonds. The van der Waals surface area contributed by atoms with Gasteiger partial charge < -0.3 is 9.85 Å². The number of hydrogen-bond donors (Lipinski definition) is 0. The fourth-order valence-electron chi connectivity index (χ4n) is 0.914. The van der Waals surface area contributed by atoms with Crippen molar-refractivity contribution >= 4 is 23.2 Å². The standard InChI is InChI=1S/C7H15Cl2NO/c1-7(2)10(11,5-3-8)6-4-9/h7H,3-6H2,1-2H3. The molecule has 0 aromatic heterocycles. The second kappa shape index (κ2) is 5.20. The molecule has 0 rings (SSSR count). The zero-order chi connectivity index (χ0) is 8.91. The molecule has 0 aliphatic carbocycles. The largest absolute Gasteiger partial charge is 0.633 e. The van der Waals surface area contributed by atoms with Gasteiger partial charge >= 0.3 is 0 Å². The third kappa shape index (κ3) is 3.61. The topological polar surface area (TPSA) is 23.1 Å². The first-order chi connectivity index (χ1) is 5.06. The van der Waals surface area contributed by atoms with Gasteiger partial charge in [-0.1, -0.05) is 0 Å². The van der Waals surface area contributed by atoms with Crippen molar-refractivity contribution in [1.82, 2.24) is 0 Å². The number of nitrogens with zero attached hydrogens (tertiary/aromatic N) is 1. The van der Waals surface area contributed by atoms with E-state index < -0.39 is 0 Å². The zero-order valence-electron chi connectivity index (χ0n) is 7.02. The van der Waals surface area contributed by atoms with E-state index in [2.05, 4.69) is 0 Å². The van der Waals surface area contributed by atoms with Gasteiger partial charge in [0.25, 0.3) is 0 Å². The molecular formula is C7H15Cl2NO. The summed E-state index contributed by atoms with van der Waals surface area (Å²) in [5.41, 5.74) is 0. The molecule has 11 heavy (non-hydrogen) atoms. The van der Waals surface area contributed by atoms with Crippen LogP contribution in [0.3, 0.4) is 0 Å². The van der Waals surface area contributed by atoms with Crippen LogP contribution in [0.25, 0.3) is 0 Å². The average Bonchev–Trinajstić information content (AvgIpc) is 1.88. The Labute approximate surface area is 78.3 Å². The molecule has 68 valence electrons. The van der Waals surface area contributed by atoms with Crippen molar-refractivity contribution in [3.63, 3.8) is 0 Å². The minimum Gasteiger partial charge on any atom is -0.633 e. The maximum absolute atomic E-state index is 11.8. The smallest absolute Gasteiger partial charge is 0.0923 e. The van der Waals surface area contributed by atoms with E-state index in [4.69, 9.17) is 23.2 Å². The van der Waals surface area contributed by atoms with Gasteiger partial charge in [0.15, 0.2) is 0 Å². The average molecular weight is 200 g/mol. The van der Waals surface area contributed by atoms with Gasteiger partial charge in [-0.05, 0) is 13.8 Å². The highest BCUT2D eigenvalue weighted by molar-refractivity contribution is 6.18. The molecule has 0 aliphatic heterocycles. The number of hydroxylamine groups is 3. The van der Waals surface area contributed by atoms with Gasteiger partial charge in [-0.2, -0.15) is 0 Å². The van der Waals surface area contributed by atoms with Crippen LogP contribution >= 0.6 is 23.2 Å². The van der Waals surface area contributed by atoms with Crippen molar-refractivity contribution in [3.05, 3.63) is 5.21 Å². The number of rotatable bonds is 5. The molecule has 0 aliphatic rings. The first kappa shape index (κ1) is 11.5. The van der Waals surface area contributed by atoms with Crippen LogP contribution in [0.2, 0.25) is 0 Å². The van der Waals surface area contributed by atoms with E-state index in [0.717, 1.165) is 0 Å². The van der Waals surface area contributed by atoms with Crippen LogP contribution in [0.15, 0.2) is 0 Å². The minimum absolute atomic E-state index is 0.0486. The van der Waals surface area contributed by atoms with Crippen molar-refractivity contribution in [2.75, 3.05) is 24.8 Å². The van der Waals surface area contributed by atoms with Crippen LogP contribution in [-0.2, 0) is 0 Å². The molecule has 0 N–H and O–H groups in total. The van der Waals surface area contributed by atoms with Crippen LogP contribution < -0.4 is 0 Å². The molecule has 0 bridgehead atoms. The molecule has 0 saturated heterocycles. The molecule has 4 heteroatoms. The van der Waals surface area contributed by atoms with Crippen molar-refractivity contribution < 1.29 is 4.65 Å². The molecule has 0 spiro atoms. The van der Waals surface area contributed by atoms with Crippen LogP contribution in [0.1, 0.15) is 13.8 Å². The van der Waals surface area contributed by atoms with E-state index in [1.54, 1.807) is 0 Å². The molecule has 0 atom stereocenters. The van der Waals surface area contributed by atoms with Gasteiger partial charge in [-0.25, -0.2) is 0 Å². The Kier molecular flexibility index (Phi) is 5.44. The predicted molar refractivity (Wildman–Crippen MR) is 49.9 cm³/mol. The summed E-state index contributed by atoms with van der Waals surface area (Å²) >= 11 is 11.0. The third-order valence-corrected chi connectivity index (χ3v) is 2.21. The van der Waals surface area contributed by atoms with Gasteiger partial charge in [0.05, 0.1) is 30.9 Å². The van der Waals surface area contributed by atoms with Crippen molar-refractivity contribution in [1.29, 1.82) is 0 Å². The summed E-state index contributed by atoms with van der Waals surface area (Å²) in [5, 5.41) is 11.8. The quantitative estimate of drug-likeness (QED) is 0.379. The fraction of sp³-hybridized carbons (Fsp3) is 1.00. The zero-order valence-corrected chi connectivity index (χ0v) is 8.53. The third-order valence-electron chi connectivity index (χ3n) is 1.87. The van der Waals surface area contributed by atoms with Gasteiger partial charge in [0.1, 0.15) is 0 Å². The number of halogens is 2. The molecule has 0 aromatic rings. The second-order valence-electron chi connectivity index (χ2n) is 2.87. The van der Waals surface area contributed by atoms with E-state index in [1.807, 2.05) is 13.8 Å². The maximum atomic E-state index is 11.8. The van der Waals surface area contributed by atoms with E-state index in [0.29, 0.717) is 24.8 Å². The number of hydrogen-bond acceptors (Lipinski definition) is 1. The van der Waals surface area contributed by atoms with Gasteiger partial charge in [-0.15, -0.1) is 23.2 Å². The highest BCUT2D eigenvalue weighted by atomic mass is 35.5. The molecule has 0 unspecified atom stereocenters. The Morgan fingerprint density at radius 1 is 1.18 bits per heavy atom. The Hall–Kier alpha value is 0.500. The Balaban J connectivity index is 4.01. The normalized spacial score (nSPS) is 12.5. The SMILES string of the molecule is CC(C)[N+]([O-])(CCCl)CCCl. The van der Waals surface area contributed by atoms with Crippen LogP contribution in [0, 0.1) is 5.21 Å². The van der Waals surface area contributed by atoms with Crippen LogP contribution in [0.5, 0.6) is 0 Å². The van der Waals surface area contributed by atoms with Gasteiger partial charge in [-0.3, -0.25) is 0 Å². The number of alkyl halides is 2. The Morgan fingerprint density at radius 2 is 1.55 bits per heavy atom. The van der Waals surface area contributed by atoms with Crippen LogP contribution in [-0.4, -0.2) is 35.5 Å². The highest BCUT2D eigenvalue weighted by Crippen LogP contribution is 2.11. The van der Waals surface area contributed by atoms with E-state index in [1.165, 1.54) is 0 Å². The van der Waals surface area contributed by atoms with Crippen molar-refractivity contribution in [2.24, 2.45) is 0 Å². The maximum Gasteiger partial charge on any atom is 0.0923 e. The molecule has 0 aromatic carbocycles. The summed E-state index contributed by atoms with van der Waals surface area (Å²) in [5.74, 6) is 0.803. The summed E-state index contributed by atoms with van der Waals surface area (Å²) in [7, 11) is 0. The molecule has 0 radical (unpaired) electrons. The lowest BCUT2D eigenvalue weighted by Crippen LogP contribution is -2.50. The molecule has 0 saturated carbocycles. The lowest BCUT2D eigenvalue weighted by atomic mass is 10.3. The van der Waals surface area contributed by atoms with Gasteiger partial charge in [0.2, 0.25) is 0 Å². The van der Waals surface area contributed by atoms with Crippen molar-refractivity contribution in [2.45, 2.75) is 19.9 Å². The summed E-state index contributed by atoms with van der Waals surface area (Å²) in [6, 6.07) is 0.0486. The van der Waals surface area contributed by atoms with Gasteiger partial charge in [0, 0.05) is 0 Å². The van der Waals surface area contributed by atoms with E-state index >= 15 is 0 Å². The minimum atomic E-state index is -0.271. The summed E-state index contributed by atoms with van der Waals surface area (Å²) in [6.07, 6.45) is 0. The second-order valence-corrected chi connectivity index (χ2v) is 3.63. The summed E-state index contributed by atoms with van der Waals surface area (Å²) in [4.78, 5) is 0. The summed E-state index contributed by atoms with van der Waals surface area (Å²) in [6.45, 7) is 4.69. The van der Waals surface area contributed by atoms with Crippen LogP contribution in [0.4, 0.5) is 0 Å². The van der Waals surface area contributed by atoms with E-state index in [9.17, 15) is 5.21 Å². The number of quaternary nitrogens is 1. The Morgan fingerprint density at radius 3 is 1.73 bits per heavy atom. The first-order valence-electron chi connectivity index (χ1n) is 3.76. The summed E-state index contributed by atoms with van der Waals surface area (Å²) < 4.78 is -0.271. The predicted octanol–water partition coefficient (Wildman–Crippen LogP) is 2.19. The lowest BCUT2D eigenvalue weighted by Gasteiger charge is -2.45. The molecule has 0 fully saturated rings. The first-order valence-corrected chi connectivity index (χ1v) is 4.83. The molecule has 2 nitrogen and oxygen atoms in total. The van der Waals surface area contributed by atoms with Crippen molar-refractivity contribution in [3.8, 4) is 0 Å². The molecular weight excluding hydrogens is 185 g/mol. The Bertz CT molecular complexity index is 103. The fourth-order valence-corrected chi connectivity index (χ4v) is 1.49. The molecule has 0 heterocycles.